The van der Waals surface area contributed by atoms with Crippen molar-refractivity contribution in [3.8, 4) is 0 Å². The summed E-state index contributed by atoms with van der Waals surface area (Å²) < 4.78 is 5.01. The second-order valence-electron chi connectivity index (χ2n) is 3.31. The number of hydrogen-bond acceptors (Lipinski definition) is 2. The third kappa shape index (κ3) is 4.49. The van der Waals surface area contributed by atoms with Crippen molar-refractivity contribution >= 4 is 6.09 Å². The number of nitrogens with one attached hydrogen (secondary N) is 1. The Kier molecular flexibility index (Phi) is 4.68. The van der Waals surface area contributed by atoms with E-state index in [1.165, 1.54) is 0 Å². The Morgan fingerprint density at radius 3 is 2.73 bits per heavy atom. The summed E-state index contributed by atoms with van der Waals surface area (Å²) in [4.78, 5) is 11.2. The molecule has 1 unspecified atom stereocenters. The molecule has 1 radical (unpaired) electrons. The molecule has 1 rings (SSSR count). The number of amides is 1. The lowest BCUT2D eigenvalue weighted by atomic mass is 10.2. The maximum atomic E-state index is 11.2. The molecule has 15 heavy (non-hydrogen) atoms. The first-order valence-electron chi connectivity index (χ1n) is 5.02. The van der Waals surface area contributed by atoms with Crippen molar-refractivity contribution in [1.29, 1.82) is 0 Å². The fourth-order valence-corrected chi connectivity index (χ4v) is 1.03. The molecule has 1 amide bonds. The van der Waals surface area contributed by atoms with Gasteiger partial charge < -0.3 is 10.1 Å². The van der Waals surface area contributed by atoms with Crippen LogP contribution in [0.25, 0.3) is 0 Å². The van der Waals surface area contributed by atoms with Crippen LogP contribution in [0.4, 0.5) is 4.79 Å². The summed E-state index contributed by atoms with van der Waals surface area (Å²) in [6.07, 6.45) is 0.376. The summed E-state index contributed by atoms with van der Waals surface area (Å²) in [6, 6.07) is 9.48. The number of ether oxygens (including phenoxy) is 1. The van der Waals surface area contributed by atoms with Crippen LogP contribution in [0.3, 0.4) is 0 Å². The van der Waals surface area contributed by atoms with E-state index in [-0.39, 0.29) is 6.04 Å². The predicted octanol–water partition coefficient (Wildman–Crippen LogP) is 2.53. The highest BCUT2D eigenvalue weighted by molar-refractivity contribution is 5.67. The van der Waals surface area contributed by atoms with Crippen molar-refractivity contribution in [2.24, 2.45) is 0 Å². The molecule has 81 valence electrons. The second kappa shape index (κ2) is 6.06. The quantitative estimate of drug-likeness (QED) is 0.822. The van der Waals surface area contributed by atoms with Gasteiger partial charge >= 0.3 is 6.09 Å². The van der Waals surface area contributed by atoms with Crippen molar-refractivity contribution in [1.82, 2.24) is 5.32 Å². The maximum absolute atomic E-state index is 11.2. The van der Waals surface area contributed by atoms with E-state index in [0.29, 0.717) is 6.61 Å². The average Bonchev–Trinajstić information content (AvgIpc) is 2.27. The molecule has 0 aromatic heterocycles. The van der Waals surface area contributed by atoms with Crippen molar-refractivity contribution in [2.45, 2.75) is 26.0 Å². The molecule has 1 aromatic rings. The molecule has 0 bridgehead atoms. The van der Waals surface area contributed by atoms with Crippen LogP contribution < -0.4 is 5.32 Å². The first-order valence-corrected chi connectivity index (χ1v) is 5.02. The molecule has 0 fully saturated rings. The van der Waals surface area contributed by atoms with Gasteiger partial charge in [0, 0.05) is 6.04 Å². The predicted molar refractivity (Wildman–Crippen MR) is 59.2 cm³/mol. The Bertz CT molecular complexity index is 298. The SMILES string of the molecule is [CH2]C(CC)NC(=O)OCc1ccccc1. The number of carbonyl (C=O) groups is 1. The van der Waals surface area contributed by atoms with E-state index in [1.807, 2.05) is 37.3 Å². The van der Waals surface area contributed by atoms with Gasteiger partial charge in [0.25, 0.3) is 0 Å². The Hall–Kier alpha value is -1.51. The van der Waals surface area contributed by atoms with Crippen LogP contribution >= 0.6 is 0 Å². The number of alkyl carbamates (subject to hydrolysis) is 1. The van der Waals surface area contributed by atoms with Gasteiger partial charge in [0.2, 0.25) is 0 Å². The maximum Gasteiger partial charge on any atom is 0.407 e. The average molecular weight is 206 g/mol. The lowest BCUT2D eigenvalue weighted by Gasteiger charge is -2.11. The Balaban J connectivity index is 2.29. The Labute approximate surface area is 90.4 Å². The van der Waals surface area contributed by atoms with E-state index < -0.39 is 6.09 Å². The smallest absolute Gasteiger partial charge is 0.407 e. The molecule has 1 aromatic carbocycles. The molecule has 0 spiro atoms. The first kappa shape index (κ1) is 11.6. The third-order valence-electron chi connectivity index (χ3n) is 2.03. The van der Waals surface area contributed by atoms with Gasteiger partial charge in [-0.2, -0.15) is 0 Å². The van der Waals surface area contributed by atoms with Crippen LogP contribution in [0.5, 0.6) is 0 Å². The van der Waals surface area contributed by atoms with Crippen molar-refractivity contribution < 1.29 is 9.53 Å². The summed E-state index contributed by atoms with van der Waals surface area (Å²) in [5.41, 5.74) is 0.977. The highest BCUT2D eigenvalue weighted by atomic mass is 16.5. The van der Waals surface area contributed by atoms with Crippen LogP contribution in [0.1, 0.15) is 18.9 Å². The van der Waals surface area contributed by atoms with Crippen molar-refractivity contribution in [3.63, 3.8) is 0 Å². The first-order chi connectivity index (χ1) is 7.22. The largest absolute Gasteiger partial charge is 0.445 e. The minimum absolute atomic E-state index is 0.0896. The van der Waals surface area contributed by atoms with Crippen LogP contribution in [0.15, 0.2) is 30.3 Å². The normalized spacial score (nSPS) is 11.9. The van der Waals surface area contributed by atoms with Crippen LogP contribution in [0, 0.1) is 6.92 Å². The van der Waals surface area contributed by atoms with Gasteiger partial charge in [-0.3, -0.25) is 0 Å². The lowest BCUT2D eigenvalue weighted by molar-refractivity contribution is 0.137. The number of carbonyl (C=O) groups excluding carboxylic acids is 1. The topological polar surface area (TPSA) is 38.3 Å². The van der Waals surface area contributed by atoms with Crippen LogP contribution in [-0.2, 0) is 11.3 Å². The van der Waals surface area contributed by atoms with Crippen LogP contribution in [-0.4, -0.2) is 12.1 Å². The van der Waals surface area contributed by atoms with E-state index >= 15 is 0 Å². The molecule has 3 heteroatoms. The van der Waals surface area contributed by atoms with E-state index in [9.17, 15) is 4.79 Å². The molecule has 0 heterocycles. The van der Waals surface area contributed by atoms with E-state index in [1.54, 1.807) is 0 Å². The standard InChI is InChI=1S/C12H16NO2/c1-3-10(2)13-12(14)15-9-11-7-5-4-6-8-11/h4-8,10H,2-3,9H2,1H3,(H,13,14). The molecule has 0 aliphatic carbocycles. The molecular weight excluding hydrogens is 190 g/mol. The zero-order valence-electron chi connectivity index (χ0n) is 8.90. The minimum atomic E-state index is -0.416. The molecule has 1 atom stereocenters. The molecule has 0 saturated heterocycles. The molecular formula is C12H16NO2. The lowest BCUT2D eigenvalue weighted by Crippen LogP contribution is -2.32. The van der Waals surface area contributed by atoms with Gasteiger partial charge in [0.05, 0.1) is 0 Å². The van der Waals surface area contributed by atoms with E-state index in [2.05, 4.69) is 12.2 Å². The summed E-state index contributed by atoms with van der Waals surface area (Å²) in [7, 11) is 0. The van der Waals surface area contributed by atoms with Gasteiger partial charge in [-0.15, -0.1) is 0 Å². The van der Waals surface area contributed by atoms with Crippen molar-refractivity contribution in [3.05, 3.63) is 42.8 Å². The van der Waals surface area contributed by atoms with Crippen molar-refractivity contribution in [2.75, 3.05) is 0 Å². The minimum Gasteiger partial charge on any atom is -0.445 e. The van der Waals surface area contributed by atoms with Gasteiger partial charge in [0.15, 0.2) is 0 Å². The zero-order chi connectivity index (χ0) is 11.1. The summed E-state index contributed by atoms with van der Waals surface area (Å²) in [6.45, 7) is 5.99. The molecule has 3 nitrogen and oxygen atoms in total. The molecule has 0 aliphatic heterocycles. The number of benzene rings is 1. The number of hydrogen-bond donors (Lipinski definition) is 1. The Morgan fingerprint density at radius 1 is 1.47 bits per heavy atom. The van der Waals surface area contributed by atoms with E-state index in [0.717, 1.165) is 12.0 Å². The van der Waals surface area contributed by atoms with E-state index in [4.69, 9.17) is 4.74 Å². The molecule has 0 aliphatic rings. The highest BCUT2D eigenvalue weighted by Crippen LogP contribution is 2.00. The summed E-state index contributed by atoms with van der Waals surface area (Å²) >= 11 is 0. The number of rotatable bonds is 4. The van der Waals surface area contributed by atoms with Crippen LogP contribution in [0.2, 0.25) is 0 Å². The molecule has 1 N–H and O–H groups in total. The third-order valence-corrected chi connectivity index (χ3v) is 2.03. The highest BCUT2D eigenvalue weighted by Gasteiger charge is 2.05. The Morgan fingerprint density at radius 2 is 2.13 bits per heavy atom. The van der Waals surface area contributed by atoms with Gasteiger partial charge in [-0.05, 0) is 18.9 Å². The summed E-state index contributed by atoms with van der Waals surface area (Å²) in [5.74, 6) is 0. The summed E-state index contributed by atoms with van der Waals surface area (Å²) in [5, 5.41) is 2.63. The second-order valence-corrected chi connectivity index (χ2v) is 3.31. The van der Waals surface area contributed by atoms with Gasteiger partial charge in [-0.25, -0.2) is 4.79 Å². The fraction of sp³-hybridized carbons (Fsp3) is 0.333. The van der Waals surface area contributed by atoms with Gasteiger partial charge in [0.1, 0.15) is 6.61 Å². The monoisotopic (exact) mass is 206 g/mol. The zero-order valence-corrected chi connectivity index (χ0v) is 8.90. The van der Waals surface area contributed by atoms with Gasteiger partial charge in [-0.1, -0.05) is 37.3 Å². The molecule has 0 saturated carbocycles. The fourth-order valence-electron chi connectivity index (χ4n) is 1.03.